The number of nitrogens with one attached hydrogen (secondary N) is 1. The number of benzene rings is 1. The largest absolute Gasteiger partial charge is 0.495 e. The highest BCUT2D eigenvalue weighted by Gasteiger charge is 2.23. The summed E-state index contributed by atoms with van der Waals surface area (Å²) in [5.74, 6) is -1.02. The third-order valence-corrected chi connectivity index (χ3v) is 3.79. The Morgan fingerprint density at radius 2 is 2.14 bits per heavy atom. The number of aromatic nitrogens is 2. The summed E-state index contributed by atoms with van der Waals surface area (Å²) in [6.07, 6.45) is 0. The van der Waals surface area contributed by atoms with Crippen molar-refractivity contribution in [1.82, 2.24) is 10.1 Å². The first kappa shape index (κ1) is 14.8. The number of rotatable bonds is 5. The minimum atomic E-state index is -4.13. The predicted octanol–water partition coefficient (Wildman–Crippen LogP) is 0.886. The van der Waals surface area contributed by atoms with Gasteiger partial charge in [-0.1, -0.05) is 5.16 Å². The lowest BCUT2D eigenvalue weighted by atomic mass is 10.2. The number of nitrogens with zero attached hydrogens (tertiary/aromatic N) is 2. The minimum absolute atomic E-state index is 0.0104. The van der Waals surface area contributed by atoms with Gasteiger partial charge in [0.15, 0.2) is 5.82 Å². The van der Waals surface area contributed by atoms with E-state index in [0.717, 1.165) is 6.07 Å². The molecule has 21 heavy (non-hydrogen) atoms. The normalized spacial score (nSPS) is 11.1. The highest BCUT2D eigenvalue weighted by atomic mass is 32.2. The number of hydrogen-bond donors (Lipinski definition) is 2. The third-order valence-electron chi connectivity index (χ3n) is 2.45. The lowest BCUT2D eigenvalue weighted by Crippen LogP contribution is -2.15. The highest BCUT2D eigenvalue weighted by Crippen LogP contribution is 2.26. The molecule has 2 N–H and O–H groups in total. The Morgan fingerprint density at radius 1 is 1.43 bits per heavy atom. The number of anilines is 1. The van der Waals surface area contributed by atoms with E-state index in [4.69, 9.17) is 9.84 Å². The van der Waals surface area contributed by atoms with E-state index in [2.05, 4.69) is 19.4 Å². The minimum Gasteiger partial charge on any atom is -0.495 e. The average Bonchev–Trinajstić information content (AvgIpc) is 2.82. The smallest absolute Gasteiger partial charge is 0.335 e. The number of carbonyl (C=O) groups is 1. The van der Waals surface area contributed by atoms with Gasteiger partial charge in [0.25, 0.3) is 10.0 Å². The Kier molecular flexibility index (Phi) is 3.80. The molecule has 1 heterocycles. The van der Waals surface area contributed by atoms with E-state index in [1.807, 2.05) is 0 Å². The van der Waals surface area contributed by atoms with E-state index in [9.17, 15) is 13.2 Å². The Balaban J connectivity index is 2.47. The van der Waals surface area contributed by atoms with Crippen molar-refractivity contribution in [2.45, 2.75) is 11.8 Å². The summed E-state index contributed by atoms with van der Waals surface area (Å²) >= 11 is 0. The maximum Gasteiger partial charge on any atom is 0.335 e. The van der Waals surface area contributed by atoms with Crippen molar-refractivity contribution in [1.29, 1.82) is 0 Å². The van der Waals surface area contributed by atoms with Crippen molar-refractivity contribution in [3.05, 3.63) is 29.6 Å². The van der Waals surface area contributed by atoms with Crippen molar-refractivity contribution in [2.24, 2.45) is 0 Å². The summed E-state index contributed by atoms with van der Waals surface area (Å²) < 4.78 is 36.2. The predicted molar refractivity (Wildman–Crippen MR) is 69.8 cm³/mol. The van der Waals surface area contributed by atoms with Gasteiger partial charge in [-0.15, -0.1) is 0 Å². The van der Waals surface area contributed by atoms with E-state index < -0.39 is 16.0 Å². The Hall–Kier alpha value is -2.62. The van der Waals surface area contributed by atoms with E-state index in [1.54, 1.807) is 0 Å². The van der Waals surface area contributed by atoms with Gasteiger partial charge in [0.1, 0.15) is 10.6 Å². The van der Waals surface area contributed by atoms with Crippen LogP contribution in [-0.2, 0) is 10.0 Å². The first-order valence-corrected chi connectivity index (χ1v) is 7.06. The molecule has 10 heteroatoms. The van der Waals surface area contributed by atoms with Gasteiger partial charge in [-0.2, -0.15) is 4.98 Å². The van der Waals surface area contributed by atoms with Gasteiger partial charge < -0.3 is 14.4 Å². The second kappa shape index (κ2) is 5.40. The number of methoxy groups -OCH3 is 1. The van der Waals surface area contributed by atoms with Crippen molar-refractivity contribution >= 4 is 22.0 Å². The molecule has 0 amide bonds. The molecule has 1 aromatic carbocycles. The van der Waals surface area contributed by atoms with Gasteiger partial charge in [-0.25, -0.2) is 17.9 Å². The fourth-order valence-electron chi connectivity index (χ4n) is 1.53. The molecule has 0 spiro atoms. The van der Waals surface area contributed by atoms with Gasteiger partial charge >= 0.3 is 12.0 Å². The topological polar surface area (TPSA) is 132 Å². The molecule has 2 aromatic rings. The molecular weight excluding hydrogens is 302 g/mol. The van der Waals surface area contributed by atoms with Crippen LogP contribution < -0.4 is 9.46 Å². The molecule has 9 nitrogen and oxygen atoms in total. The molecule has 2 rings (SSSR count). The molecule has 0 radical (unpaired) electrons. The van der Waals surface area contributed by atoms with Crippen LogP contribution in [0.5, 0.6) is 5.75 Å². The first-order valence-electron chi connectivity index (χ1n) is 5.58. The molecule has 1 aromatic heterocycles. The first-order chi connectivity index (χ1) is 9.83. The molecule has 0 atom stereocenters. The van der Waals surface area contributed by atoms with Crippen LogP contribution in [0, 0.1) is 6.92 Å². The maximum absolute atomic E-state index is 12.3. The molecule has 0 fully saturated rings. The fraction of sp³-hybridized carbons (Fsp3) is 0.182. The zero-order valence-corrected chi connectivity index (χ0v) is 11.8. The second-order valence-corrected chi connectivity index (χ2v) is 5.57. The molecule has 0 bridgehead atoms. The molecule has 0 saturated heterocycles. The van der Waals surface area contributed by atoms with E-state index in [-0.39, 0.29) is 28.0 Å². The van der Waals surface area contributed by atoms with Crippen LogP contribution in [0.1, 0.15) is 16.2 Å². The standard InChI is InChI=1S/C11H11N3O6S/c1-6-12-11(20-13-6)14-21(17,18)9-5-7(10(15)16)3-4-8(9)19-2/h3-5H,1-2H3,(H,15,16)(H,12,13,14). The summed E-state index contributed by atoms with van der Waals surface area (Å²) in [5, 5.41) is 12.4. The van der Waals surface area contributed by atoms with Crippen molar-refractivity contribution in [3.63, 3.8) is 0 Å². The van der Waals surface area contributed by atoms with Crippen LogP contribution in [0.15, 0.2) is 27.6 Å². The molecule has 0 unspecified atom stereocenters. The Bertz CT molecular complexity index is 783. The van der Waals surface area contributed by atoms with Crippen LogP contribution in [0.4, 0.5) is 6.01 Å². The number of carboxylic acid groups (broad SMARTS) is 1. The molecule has 0 aliphatic heterocycles. The van der Waals surface area contributed by atoms with Crippen LogP contribution in [0.3, 0.4) is 0 Å². The van der Waals surface area contributed by atoms with Crippen LogP contribution in [0.25, 0.3) is 0 Å². The summed E-state index contributed by atoms with van der Waals surface area (Å²) in [7, 11) is -2.86. The van der Waals surface area contributed by atoms with Gasteiger partial charge in [0.2, 0.25) is 0 Å². The zero-order valence-electron chi connectivity index (χ0n) is 11.0. The summed E-state index contributed by atoms with van der Waals surface area (Å²) in [6, 6.07) is 3.14. The number of carboxylic acids is 1. The maximum atomic E-state index is 12.3. The molecule has 112 valence electrons. The third kappa shape index (κ3) is 3.11. The fourth-order valence-corrected chi connectivity index (χ4v) is 2.65. The lowest BCUT2D eigenvalue weighted by Gasteiger charge is -2.10. The summed E-state index contributed by atoms with van der Waals surface area (Å²) in [6.45, 7) is 1.52. The van der Waals surface area contributed by atoms with Crippen LogP contribution >= 0.6 is 0 Å². The van der Waals surface area contributed by atoms with Crippen molar-refractivity contribution < 1.29 is 27.6 Å². The summed E-state index contributed by atoms with van der Waals surface area (Å²) in [5.41, 5.74) is -0.196. The monoisotopic (exact) mass is 313 g/mol. The van der Waals surface area contributed by atoms with Gasteiger partial charge in [-0.3, -0.25) is 0 Å². The lowest BCUT2D eigenvalue weighted by molar-refractivity contribution is 0.0696. The van der Waals surface area contributed by atoms with Crippen LogP contribution in [-0.4, -0.2) is 36.7 Å². The molecule has 0 saturated carbocycles. The quantitative estimate of drug-likeness (QED) is 0.831. The molecule has 0 aliphatic carbocycles. The molecule has 0 aliphatic rings. The second-order valence-electron chi connectivity index (χ2n) is 3.92. The van der Waals surface area contributed by atoms with E-state index in [0.29, 0.717) is 0 Å². The van der Waals surface area contributed by atoms with Gasteiger partial charge in [0.05, 0.1) is 12.7 Å². The Morgan fingerprint density at radius 3 is 2.67 bits per heavy atom. The average molecular weight is 313 g/mol. The number of aryl methyl sites for hydroxylation is 1. The van der Waals surface area contributed by atoms with E-state index >= 15 is 0 Å². The van der Waals surface area contributed by atoms with Crippen LogP contribution in [0.2, 0.25) is 0 Å². The number of ether oxygens (including phenoxy) is 1. The molecular formula is C11H11N3O6S. The van der Waals surface area contributed by atoms with E-state index in [1.165, 1.54) is 26.2 Å². The number of hydrogen-bond acceptors (Lipinski definition) is 7. The van der Waals surface area contributed by atoms with Crippen molar-refractivity contribution in [3.8, 4) is 5.75 Å². The van der Waals surface area contributed by atoms with Gasteiger partial charge in [-0.05, 0) is 25.1 Å². The van der Waals surface area contributed by atoms with Crippen molar-refractivity contribution in [2.75, 3.05) is 11.8 Å². The number of sulfonamides is 1. The Labute approximate surface area is 119 Å². The number of aromatic carboxylic acids is 1. The highest BCUT2D eigenvalue weighted by molar-refractivity contribution is 7.92. The summed E-state index contributed by atoms with van der Waals surface area (Å²) in [4.78, 5) is 14.3. The zero-order chi connectivity index (χ0) is 15.6. The van der Waals surface area contributed by atoms with Gasteiger partial charge in [0, 0.05) is 0 Å². The SMILES string of the molecule is COc1ccc(C(=O)O)cc1S(=O)(=O)Nc1nc(C)no1.